The van der Waals surface area contributed by atoms with Crippen LogP contribution in [0.5, 0.6) is 0 Å². The molecule has 2 rings (SSSR count). The minimum atomic E-state index is -4.29. The average molecular weight is 290 g/mol. The van der Waals surface area contributed by atoms with Gasteiger partial charge in [0.1, 0.15) is 6.10 Å². The van der Waals surface area contributed by atoms with Gasteiger partial charge in [0.2, 0.25) is 0 Å². The van der Waals surface area contributed by atoms with Gasteiger partial charge in [0.15, 0.2) is 0 Å². The van der Waals surface area contributed by atoms with Crippen LogP contribution in [0.25, 0.3) is 0 Å². The molecule has 0 aromatic heterocycles. The molecular weight excluding hydrogens is 277 g/mol. The zero-order valence-corrected chi connectivity index (χ0v) is 10.8. The lowest BCUT2D eigenvalue weighted by molar-refractivity contribution is -0.0328. The number of rotatable bonds is 3. The Morgan fingerprint density at radius 2 is 1.89 bits per heavy atom. The molecule has 1 heterocycles. The van der Waals surface area contributed by atoms with Crippen LogP contribution in [0.15, 0.2) is 41.0 Å². The Hall–Kier alpha value is -1.14. The van der Waals surface area contributed by atoms with Gasteiger partial charge in [-0.1, -0.05) is 12.1 Å². The standard InChI is InChI=1S/C13H13F3O2S/c14-13(15,16)19-11-5-3-9(4-6-11)12(17)10-2-1-7-18-8-10/h3-6,8,12,17H,1-2,7H2. The highest BCUT2D eigenvalue weighted by atomic mass is 32.2. The van der Waals surface area contributed by atoms with Crippen molar-refractivity contribution < 1.29 is 23.0 Å². The summed E-state index contributed by atoms with van der Waals surface area (Å²) < 4.78 is 41.7. The van der Waals surface area contributed by atoms with E-state index in [0.29, 0.717) is 12.2 Å². The van der Waals surface area contributed by atoms with Gasteiger partial charge in [-0.2, -0.15) is 13.2 Å². The lowest BCUT2D eigenvalue weighted by atomic mass is 9.98. The van der Waals surface area contributed by atoms with E-state index in [2.05, 4.69) is 0 Å². The first-order valence-electron chi connectivity index (χ1n) is 5.80. The Morgan fingerprint density at radius 1 is 1.21 bits per heavy atom. The number of ether oxygens (including phenoxy) is 1. The smallest absolute Gasteiger partial charge is 0.446 e. The highest BCUT2D eigenvalue weighted by Gasteiger charge is 2.29. The van der Waals surface area contributed by atoms with E-state index in [1.165, 1.54) is 30.5 Å². The first-order valence-corrected chi connectivity index (χ1v) is 6.62. The first kappa shape index (κ1) is 14.3. The SMILES string of the molecule is OC(C1=COCCC1)c1ccc(SC(F)(F)F)cc1. The summed E-state index contributed by atoms with van der Waals surface area (Å²) in [5.74, 6) is 0. The monoisotopic (exact) mass is 290 g/mol. The Kier molecular flexibility index (Phi) is 4.42. The van der Waals surface area contributed by atoms with Crippen LogP contribution in [0.3, 0.4) is 0 Å². The van der Waals surface area contributed by atoms with E-state index < -0.39 is 11.6 Å². The third-order valence-electron chi connectivity index (χ3n) is 2.74. The summed E-state index contributed by atoms with van der Waals surface area (Å²) in [7, 11) is 0. The second kappa shape index (κ2) is 5.88. The number of halogens is 3. The van der Waals surface area contributed by atoms with E-state index in [1.54, 1.807) is 0 Å². The van der Waals surface area contributed by atoms with E-state index in [1.807, 2.05) is 0 Å². The van der Waals surface area contributed by atoms with Crippen molar-refractivity contribution in [2.24, 2.45) is 0 Å². The van der Waals surface area contributed by atoms with Crippen LogP contribution in [0.4, 0.5) is 13.2 Å². The Labute approximate surface area is 113 Å². The van der Waals surface area contributed by atoms with Crippen molar-refractivity contribution in [1.29, 1.82) is 0 Å². The van der Waals surface area contributed by atoms with Gasteiger partial charge in [-0.15, -0.1) is 0 Å². The Bertz CT molecular complexity index is 454. The third kappa shape index (κ3) is 4.18. The molecule has 0 fully saturated rings. The molecule has 0 bridgehead atoms. The summed E-state index contributed by atoms with van der Waals surface area (Å²) in [6, 6.07) is 5.74. The molecule has 1 aliphatic heterocycles. The van der Waals surface area contributed by atoms with Crippen molar-refractivity contribution in [3.8, 4) is 0 Å². The van der Waals surface area contributed by atoms with Crippen molar-refractivity contribution in [3.63, 3.8) is 0 Å². The van der Waals surface area contributed by atoms with Gasteiger partial charge in [0.25, 0.3) is 0 Å². The van der Waals surface area contributed by atoms with Crippen LogP contribution in [0.1, 0.15) is 24.5 Å². The fourth-order valence-corrected chi connectivity index (χ4v) is 2.39. The molecule has 1 unspecified atom stereocenters. The summed E-state index contributed by atoms with van der Waals surface area (Å²) >= 11 is -0.164. The molecule has 6 heteroatoms. The number of alkyl halides is 3. The maximum atomic E-state index is 12.2. The third-order valence-corrected chi connectivity index (χ3v) is 3.48. The molecule has 0 saturated heterocycles. The van der Waals surface area contributed by atoms with E-state index in [4.69, 9.17) is 4.74 Å². The van der Waals surface area contributed by atoms with Gasteiger partial charge >= 0.3 is 5.51 Å². The number of aliphatic hydroxyl groups is 1. The molecule has 0 radical (unpaired) electrons. The largest absolute Gasteiger partial charge is 0.501 e. The highest BCUT2D eigenvalue weighted by Crippen LogP contribution is 2.37. The van der Waals surface area contributed by atoms with Crippen LogP contribution >= 0.6 is 11.8 Å². The van der Waals surface area contributed by atoms with Gasteiger partial charge in [0, 0.05) is 4.90 Å². The van der Waals surface area contributed by atoms with E-state index >= 15 is 0 Å². The van der Waals surface area contributed by atoms with E-state index in [9.17, 15) is 18.3 Å². The van der Waals surface area contributed by atoms with Crippen molar-refractivity contribution in [2.75, 3.05) is 6.61 Å². The highest BCUT2D eigenvalue weighted by molar-refractivity contribution is 8.00. The predicted molar refractivity (Wildman–Crippen MR) is 66.6 cm³/mol. The molecule has 1 atom stereocenters. The fourth-order valence-electron chi connectivity index (χ4n) is 1.85. The maximum absolute atomic E-state index is 12.2. The Morgan fingerprint density at radius 3 is 2.42 bits per heavy atom. The second-order valence-electron chi connectivity index (χ2n) is 4.19. The summed E-state index contributed by atoms with van der Waals surface area (Å²) in [5.41, 5.74) is -2.97. The number of aliphatic hydroxyl groups excluding tert-OH is 1. The zero-order chi connectivity index (χ0) is 13.9. The molecule has 2 nitrogen and oxygen atoms in total. The second-order valence-corrected chi connectivity index (χ2v) is 5.32. The molecule has 1 aliphatic rings. The van der Waals surface area contributed by atoms with E-state index in [0.717, 1.165) is 18.4 Å². The number of hydrogen-bond acceptors (Lipinski definition) is 3. The molecule has 1 aromatic carbocycles. The maximum Gasteiger partial charge on any atom is 0.446 e. The number of thioether (sulfide) groups is 1. The van der Waals surface area contributed by atoms with Crippen molar-refractivity contribution in [1.82, 2.24) is 0 Å². The van der Waals surface area contributed by atoms with Gasteiger partial charge in [-0.05, 0) is 47.9 Å². The normalized spacial score (nSPS) is 17.6. The molecule has 0 aliphatic carbocycles. The lowest BCUT2D eigenvalue weighted by Gasteiger charge is -2.19. The molecule has 0 saturated carbocycles. The molecule has 19 heavy (non-hydrogen) atoms. The molecule has 0 spiro atoms. The number of benzene rings is 1. The van der Waals surface area contributed by atoms with Crippen molar-refractivity contribution >= 4 is 11.8 Å². The minimum Gasteiger partial charge on any atom is -0.501 e. The molecular formula is C13H13F3O2S. The van der Waals surface area contributed by atoms with Crippen LogP contribution in [-0.4, -0.2) is 17.2 Å². The topological polar surface area (TPSA) is 29.5 Å². The molecule has 1 N–H and O–H groups in total. The summed E-state index contributed by atoms with van der Waals surface area (Å²) in [4.78, 5) is 0.109. The van der Waals surface area contributed by atoms with Crippen LogP contribution in [0, 0.1) is 0 Å². The summed E-state index contributed by atoms with van der Waals surface area (Å²) in [6.07, 6.45) is 2.29. The first-order chi connectivity index (χ1) is 8.96. The van der Waals surface area contributed by atoms with Gasteiger partial charge in [0.05, 0.1) is 12.9 Å². The van der Waals surface area contributed by atoms with Crippen LogP contribution in [0.2, 0.25) is 0 Å². The van der Waals surface area contributed by atoms with Crippen LogP contribution in [-0.2, 0) is 4.74 Å². The predicted octanol–water partition coefficient (Wildman–Crippen LogP) is 4.03. The molecule has 1 aromatic rings. The zero-order valence-electron chi connectivity index (χ0n) is 9.98. The molecule has 0 amide bonds. The quantitative estimate of drug-likeness (QED) is 0.852. The minimum absolute atomic E-state index is 0.109. The summed E-state index contributed by atoms with van der Waals surface area (Å²) in [6.45, 7) is 0.636. The fraction of sp³-hybridized carbons (Fsp3) is 0.385. The van der Waals surface area contributed by atoms with Gasteiger partial charge < -0.3 is 9.84 Å². The average Bonchev–Trinajstić information content (AvgIpc) is 2.38. The van der Waals surface area contributed by atoms with E-state index in [-0.39, 0.29) is 16.7 Å². The van der Waals surface area contributed by atoms with Gasteiger partial charge in [-0.25, -0.2) is 0 Å². The van der Waals surface area contributed by atoms with Gasteiger partial charge in [-0.3, -0.25) is 0 Å². The molecule has 104 valence electrons. The number of hydrogen-bond donors (Lipinski definition) is 1. The Balaban J connectivity index is 2.07. The summed E-state index contributed by atoms with van der Waals surface area (Å²) in [5, 5.41) is 10.1. The lowest BCUT2D eigenvalue weighted by Crippen LogP contribution is -2.07. The van der Waals surface area contributed by atoms with Crippen molar-refractivity contribution in [3.05, 3.63) is 41.7 Å². The van der Waals surface area contributed by atoms with Crippen LogP contribution < -0.4 is 0 Å². The van der Waals surface area contributed by atoms with Crippen molar-refractivity contribution in [2.45, 2.75) is 29.3 Å².